The minimum atomic E-state index is -3.94. The molecule has 2 N–H and O–H groups in total. The fourth-order valence-electron chi connectivity index (χ4n) is 2.67. The molecule has 11 heteroatoms. The zero-order chi connectivity index (χ0) is 23.8. The number of likely N-dealkylation sites (N-methyl/N-ethyl adjacent to an activating group) is 1. The summed E-state index contributed by atoms with van der Waals surface area (Å²) in [6.45, 7) is 2.99. The van der Waals surface area contributed by atoms with Gasteiger partial charge in [0, 0.05) is 31.0 Å². The molecule has 0 fully saturated rings. The fourth-order valence-corrected chi connectivity index (χ4v) is 3.68. The summed E-state index contributed by atoms with van der Waals surface area (Å²) < 4.78 is 33.8. The molecule has 1 aromatic carbocycles. The van der Waals surface area contributed by atoms with E-state index in [1.807, 2.05) is 25.9 Å². The molecule has 2 heterocycles. The minimum Gasteiger partial charge on any atom is -0.470 e. The predicted octanol–water partition coefficient (Wildman–Crippen LogP) is 1.85. The Labute approximate surface area is 193 Å². The first-order valence-corrected chi connectivity index (χ1v) is 11.6. The largest absolute Gasteiger partial charge is 0.470 e. The van der Waals surface area contributed by atoms with E-state index in [4.69, 9.17) is 4.74 Å². The summed E-state index contributed by atoms with van der Waals surface area (Å²) in [5.74, 6) is -0.678. The van der Waals surface area contributed by atoms with E-state index in [1.54, 1.807) is 36.7 Å². The molecule has 0 atom stereocenters. The number of hydrogen-bond acceptors (Lipinski definition) is 8. The van der Waals surface area contributed by atoms with Crippen LogP contribution in [0.1, 0.15) is 21.6 Å². The van der Waals surface area contributed by atoms with Crippen molar-refractivity contribution < 1.29 is 17.9 Å². The van der Waals surface area contributed by atoms with Crippen LogP contribution >= 0.6 is 0 Å². The van der Waals surface area contributed by atoms with Crippen molar-refractivity contribution in [3.8, 4) is 5.88 Å². The summed E-state index contributed by atoms with van der Waals surface area (Å²) in [4.78, 5) is 26.8. The number of aromatic nitrogens is 3. The van der Waals surface area contributed by atoms with Gasteiger partial charge >= 0.3 is 0 Å². The first-order valence-electron chi connectivity index (χ1n) is 10.2. The van der Waals surface area contributed by atoms with E-state index in [9.17, 15) is 13.2 Å². The van der Waals surface area contributed by atoms with Gasteiger partial charge in [-0.15, -0.1) is 0 Å². The van der Waals surface area contributed by atoms with Crippen molar-refractivity contribution in [1.82, 2.24) is 25.2 Å². The van der Waals surface area contributed by atoms with Gasteiger partial charge in [-0.1, -0.05) is 23.8 Å². The first-order chi connectivity index (χ1) is 15.7. The molecular weight excluding hydrogens is 444 g/mol. The van der Waals surface area contributed by atoms with E-state index in [2.05, 4.69) is 25.0 Å². The zero-order valence-corrected chi connectivity index (χ0v) is 19.5. The molecule has 1 amide bonds. The Bertz CT molecular complexity index is 1190. The second kappa shape index (κ2) is 10.8. The van der Waals surface area contributed by atoms with Gasteiger partial charge < -0.3 is 15.0 Å². The highest BCUT2D eigenvalue weighted by Crippen LogP contribution is 2.24. The Kier molecular flexibility index (Phi) is 7.91. The zero-order valence-electron chi connectivity index (χ0n) is 18.6. The maximum absolute atomic E-state index is 12.8. The number of hydrogen-bond donors (Lipinski definition) is 2. The summed E-state index contributed by atoms with van der Waals surface area (Å²) in [5.41, 5.74) is 1.68. The molecular formula is C22H26N6O4S. The number of pyridine rings is 1. The highest BCUT2D eigenvalue weighted by molar-refractivity contribution is 7.92. The lowest BCUT2D eigenvalue weighted by molar-refractivity contribution is 0.0944. The quantitative estimate of drug-likeness (QED) is 0.460. The second-order valence-corrected chi connectivity index (χ2v) is 9.22. The lowest BCUT2D eigenvalue weighted by Gasteiger charge is -2.14. The van der Waals surface area contributed by atoms with E-state index in [0.717, 1.165) is 11.1 Å². The minimum absolute atomic E-state index is 0.00762. The monoisotopic (exact) mass is 470 g/mol. The molecule has 3 rings (SSSR count). The van der Waals surface area contributed by atoms with Gasteiger partial charge in [-0.05, 0) is 39.2 Å². The maximum atomic E-state index is 12.8. The molecule has 10 nitrogen and oxygen atoms in total. The van der Waals surface area contributed by atoms with Crippen LogP contribution < -0.4 is 14.8 Å². The summed E-state index contributed by atoms with van der Waals surface area (Å²) >= 11 is 0. The van der Waals surface area contributed by atoms with Crippen LogP contribution in [-0.2, 0) is 16.6 Å². The van der Waals surface area contributed by atoms with Crippen LogP contribution in [0.2, 0.25) is 0 Å². The average molecular weight is 471 g/mol. The molecule has 174 valence electrons. The number of carbonyl (C=O) groups excluding carboxylic acids is 1. The van der Waals surface area contributed by atoms with Crippen molar-refractivity contribution in [1.29, 1.82) is 0 Å². The number of aryl methyl sites for hydroxylation is 1. The fraction of sp³-hybridized carbons (Fsp3) is 0.273. The summed E-state index contributed by atoms with van der Waals surface area (Å²) in [6, 6.07) is 9.93. The van der Waals surface area contributed by atoms with Crippen molar-refractivity contribution in [2.45, 2.75) is 18.4 Å². The number of anilines is 1. The van der Waals surface area contributed by atoms with E-state index in [-0.39, 0.29) is 28.9 Å². The number of rotatable bonds is 10. The third-order valence-electron chi connectivity index (χ3n) is 4.48. The lowest BCUT2D eigenvalue weighted by atomic mass is 10.2. The SMILES string of the molecule is Cc1ccc(S(=O)(=O)Nc2ncc(C(=O)NCCN(C)C)nc2OCc2cccnc2)cc1. The van der Waals surface area contributed by atoms with Crippen molar-refractivity contribution >= 4 is 21.7 Å². The van der Waals surface area contributed by atoms with Gasteiger partial charge in [0.2, 0.25) is 5.82 Å². The Morgan fingerprint density at radius 3 is 2.55 bits per heavy atom. The Morgan fingerprint density at radius 1 is 1.12 bits per heavy atom. The first kappa shape index (κ1) is 24.1. The number of carbonyl (C=O) groups is 1. The number of nitrogens with zero attached hydrogens (tertiary/aromatic N) is 4. The van der Waals surface area contributed by atoms with Gasteiger partial charge in [-0.25, -0.2) is 18.4 Å². The molecule has 0 aliphatic heterocycles. The Morgan fingerprint density at radius 2 is 1.88 bits per heavy atom. The number of amides is 1. The average Bonchev–Trinajstić information content (AvgIpc) is 2.79. The molecule has 0 saturated carbocycles. The predicted molar refractivity (Wildman–Crippen MR) is 123 cm³/mol. The highest BCUT2D eigenvalue weighted by atomic mass is 32.2. The van der Waals surface area contributed by atoms with Crippen LogP contribution in [0.25, 0.3) is 0 Å². The van der Waals surface area contributed by atoms with Gasteiger partial charge in [-0.2, -0.15) is 0 Å². The molecule has 0 unspecified atom stereocenters. The lowest BCUT2D eigenvalue weighted by Crippen LogP contribution is -2.32. The molecule has 0 aliphatic carbocycles. The van der Waals surface area contributed by atoms with Gasteiger partial charge in [0.25, 0.3) is 21.8 Å². The molecule has 0 saturated heterocycles. The summed E-state index contributed by atoms with van der Waals surface area (Å²) in [7, 11) is -0.155. The maximum Gasteiger partial charge on any atom is 0.271 e. The van der Waals surface area contributed by atoms with Crippen molar-refractivity contribution in [2.24, 2.45) is 0 Å². The van der Waals surface area contributed by atoms with Crippen LogP contribution in [0.3, 0.4) is 0 Å². The van der Waals surface area contributed by atoms with Crippen LogP contribution in [0.5, 0.6) is 5.88 Å². The van der Waals surface area contributed by atoms with Crippen molar-refractivity contribution in [3.63, 3.8) is 0 Å². The van der Waals surface area contributed by atoms with E-state index in [1.165, 1.54) is 18.3 Å². The smallest absolute Gasteiger partial charge is 0.271 e. The number of ether oxygens (including phenoxy) is 1. The van der Waals surface area contributed by atoms with Crippen molar-refractivity contribution in [2.75, 3.05) is 31.9 Å². The standard InChI is InChI=1S/C22H26N6O4S/c1-16-6-8-18(9-7-16)33(30,31)27-20-22(32-15-17-5-4-10-23-13-17)26-19(14-25-20)21(29)24-11-12-28(2)3/h4-10,13-14H,11-12,15H2,1-3H3,(H,24,29)(H,25,27). The van der Waals surface area contributed by atoms with E-state index >= 15 is 0 Å². The molecule has 0 bridgehead atoms. The number of benzene rings is 1. The third-order valence-corrected chi connectivity index (χ3v) is 5.83. The molecule has 33 heavy (non-hydrogen) atoms. The molecule has 3 aromatic rings. The van der Waals surface area contributed by atoms with Gasteiger partial charge in [-0.3, -0.25) is 14.5 Å². The second-order valence-electron chi connectivity index (χ2n) is 7.54. The normalized spacial score (nSPS) is 11.3. The van der Waals surface area contributed by atoms with Crippen molar-refractivity contribution in [3.05, 3.63) is 71.8 Å². The van der Waals surface area contributed by atoms with Crippen LogP contribution in [0.4, 0.5) is 5.82 Å². The topological polar surface area (TPSA) is 126 Å². The van der Waals surface area contributed by atoms with Crippen LogP contribution in [0.15, 0.2) is 59.9 Å². The molecule has 0 aliphatic rings. The van der Waals surface area contributed by atoms with Crippen LogP contribution in [-0.4, -0.2) is 61.4 Å². The van der Waals surface area contributed by atoms with E-state index < -0.39 is 15.9 Å². The van der Waals surface area contributed by atoms with E-state index in [0.29, 0.717) is 13.1 Å². The summed E-state index contributed by atoms with van der Waals surface area (Å²) in [5, 5.41) is 2.74. The Balaban J connectivity index is 1.85. The molecule has 0 radical (unpaired) electrons. The molecule has 0 spiro atoms. The summed E-state index contributed by atoms with van der Waals surface area (Å²) in [6.07, 6.45) is 4.44. The van der Waals surface area contributed by atoms with Crippen LogP contribution in [0, 0.1) is 6.92 Å². The third kappa shape index (κ3) is 6.96. The Hall–Kier alpha value is -3.57. The van der Waals surface area contributed by atoms with Gasteiger partial charge in [0.1, 0.15) is 6.61 Å². The number of nitrogens with one attached hydrogen (secondary N) is 2. The molecule has 2 aromatic heterocycles. The highest BCUT2D eigenvalue weighted by Gasteiger charge is 2.21. The van der Waals surface area contributed by atoms with Gasteiger partial charge in [0.05, 0.1) is 11.1 Å². The van der Waals surface area contributed by atoms with Gasteiger partial charge in [0.15, 0.2) is 5.69 Å². The number of sulfonamides is 1.